The van der Waals surface area contributed by atoms with Crippen LogP contribution >= 0.6 is 0 Å². The molecule has 4 aromatic rings. The van der Waals surface area contributed by atoms with Crippen LogP contribution in [-0.4, -0.2) is 97.1 Å². The number of aromatic hydroxyl groups is 1. The summed E-state index contributed by atoms with van der Waals surface area (Å²) in [5.41, 5.74) is 6.12. The number of nitrogens with zero attached hydrogens (tertiary/aromatic N) is 2. The number of phenols is 1. The van der Waals surface area contributed by atoms with Crippen LogP contribution in [0.2, 0.25) is 0 Å². The van der Waals surface area contributed by atoms with E-state index in [0.29, 0.717) is 61.1 Å². The molecule has 1 unspecified atom stereocenters. The van der Waals surface area contributed by atoms with E-state index in [1.165, 1.54) is 12.1 Å². The van der Waals surface area contributed by atoms with Gasteiger partial charge in [-0.2, -0.15) is 0 Å². The van der Waals surface area contributed by atoms with Gasteiger partial charge in [-0.25, -0.2) is 4.79 Å². The van der Waals surface area contributed by atoms with E-state index >= 15 is 0 Å². The van der Waals surface area contributed by atoms with Crippen LogP contribution in [0.5, 0.6) is 5.75 Å². The largest absolute Gasteiger partial charge is 0.506 e. The molecular formula is C49H60N6O7. The van der Waals surface area contributed by atoms with Crippen molar-refractivity contribution in [1.29, 1.82) is 0 Å². The number of aliphatic hydroxyl groups excluding tert-OH is 1. The van der Waals surface area contributed by atoms with E-state index in [2.05, 4.69) is 26.2 Å². The Morgan fingerprint density at radius 1 is 0.919 bits per heavy atom. The normalized spacial score (nSPS) is 15.4. The monoisotopic (exact) mass is 844 g/mol. The molecule has 2 aliphatic rings. The first-order chi connectivity index (χ1) is 30.1. The predicted molar refractivity (Wildman–Crippen MR) is 244 cm³/mol. The third-order valence-corrected chi connectivity index (χ3v) is 12.1. The van der Waals surface area contributed by atoms with Crippen molar-refractivity contribution < 1.29 is 34.1 Å². The molecule has 1 spiro atoms. The third kappa shape index (κ3) is 12.5. The van der Waals surface area contributed by atoms with E-state index in [-0.39, 0.29) is 35.6 Å². The highest BCUT2D eigenvalue weighted by molar-refractivity contribution is 5.92. The minimum absolute atomic E-state index is 0.0199. The second kappa shape index (κ2) is 22.2. The Bertz CT molecular complexity index is 2150. The van der Waals surface area contributed by atoms with Crippen molar-refractivity contribution in [3.8, 4) is 16.9 Å². The van der Waals surface area contributed by atoms with Gasteiger partial charge < -0.3 is 40.7 Å². The predicted octanol–water partition coefficient (Wildman–Crippen LogP) is 7.59. The highest BCUT2D eigenvalue weighted by atomic mass is 16.6. The van der Waals surface area contributed by atoms with E-state index in [4.69, 9.17) is 4.74 Å². The summed E-state index contributed by atoms with van der Waals surface area (Å²) >= 11 is 0. The molecule has 0 radical (unpaired) electrons. The SMILES string of the molecule is CNc1c(O)ccc(C(O)CNCc2ccc(NC(=O)CCCCN(C)C(=O)CCN3CCC4(CC3)CC(OC(=O)Nc3ccccc3-c3ccccc3)C4)cc2)c1/C=C\C=O. The maximum Gasteiger partial charge on any atom is 0.411 e. The second-order valence-electron chi connectivity index (χ2n) is 16.4. The molecule has 1 saturated carbocycles. The lowest BCUT2D eigenvalue weighted by molar-refractivity contribution is -0.130. The summed E-state index contributed by atoms with van der Waals surface area (Å²) in [6, 6.07) is 28.3. The van der Waals surface area contributed by atoms with Crippen LogP contribution in [0, 0.1) is 5.41 Å². The Morgan fingerprint density at radius 3 is 2.37 bits per heavy atom. The number of nitrogens with one attached hydrogen (secondary N) is 4. The Hall–Kier alpha value is -6.02. The number of aliphatic hydroxyl groups is 1. The van der Waals surface area contributed by atoms with Gasteiger partial charge in [0.1, 0.15) is 18.1 Å². The molecular weight excluding hydrogens is 785 g/mol. The number of benzene rings is 4. The Morgan fingerprint density at radius 2 is 1.65 bits per heavy atom. The lowest BCUT2D eigenvalue weighted by Gasteiger charge is -2.51. The molecule has 13 nitrogen and oxygen atoms in total. The number of likely N-dealkylation sites (tertiary alicyclic amines) is 1. The third-order valence-electron chi connectivity index (χ3n) is 12.1. The molecule has 4 aromatic carbocycles. The van der Waals surface area contributed by atoms with Gasteiger partial charge in [-0.15, -0.1) is 0 Å². The number of amides is 3. The molecule has 1 saturated heterocycles. The standard InChI is InChI=1S/C49H60N6O7/c1-50-47-41(14-10-30-56)40(21-22-43(47)57)44(58)34-51-33-35-17-19-37(20-18-35)52-45(59)16-8-9-26-54(2)46(60)23-27-55-28-24-49(25-29-55)31-38(32-49)62-48(61)53-42-15-7-6-13-39(42)36-11-4-3-5-12-36/h3-7,10-15,17-22,30,38,44,50-51,57-58H,8-9,16,23-29,31-34H2,1-2H3,(H,52,59)(H,53,61)/b14-10-. The number of anilines is 3. The molecule has 13 heteroatoms. The summed E-state index contributed by atoms with van der Waals surface area (Å²) < 4.78 is 5.81. The van der Waals surface area contributed by atoms with Gasteiger partial charge in [0.2, 0.25) is 11.8 Å². The minimum atomic E-state index is -0.887. The van der Waals surface area contributed by atoms with Gasteiger partial charge in [0.15, 0.2) is 0 Å². The number of para-hydroxylation sites is 1. The topological polar surface area (TPSA) is 173 Å². The van der Waals surface area contributed by atoms with Crippen molar-refractivity contribution in [2.24, 2.45) is 5.41 Å². The van der Waals surface area contributed by atoms with Crippen LogP contribution in [0.3, 0.4) is 0 Å². The molecule has 0 bridgehead atoms. The number of aldehydes is 1. The molecule has 2 fully saturated rings. The van der Waals surface area contributed by atoms with E-state index in [0.717, 1.165) is 74.1 Å². The number of hydrogen-bond donors (Lipinski definition) is 6. The van der Waals surface area contributed by atoms with Crippen LogP contribution in [0.1, 0.15) is 74.2 Å². The van der Waals surface area contributed by atoms with Crippen molar-refractivity contribution in [3.05, 3.63) is 114 Å². The van der Waals surface area contributed by atoms with Crippen molar-refractivity contribution in [1.82, 2.24) is 15.1 Å². The maximum atomic E-state index is 12.9. The summed E-state index contributed by atoms with van der Waals surface area (Å²) in [7, 11) is 3.49. The number of ether oxygens (including phenoxy) is 1. The number of phenolic OH excluding ortho intramolecular Hbond substituents is 1. The number of unbranched alkanes of at least 4 members (excludes halogenated alkanes) is 1. The zero-order valence-electron chi connectivity index (χ0n) is 35.8. The van der Waals surface area contributed by atoms with Gasteiger partial charge in [0.05, 0.1) is 17.5 Å². The fraction of sp³-hybridized carbons (Fsp3) is 0.388. The van der Waals surface area contributed by atoms with E-state index in [1.54, 1.807) is 24.1 Å². The molecule has 1 aliphatic heterocycles. The van der Waals surface area contributed by atoms with Crippen LogP contribution in [0.4, 0.5) is 21.9 Å². The quantitative estimate of drug-likeness (QED) is 0.0225. The number of carbonyl (C=O) groups excluding carboxylic acids is 4. The van der Waals surface area contributed by atoms with Gasteiger partial charge in [-0.05, 0) is 110 Å². The van der Waals surface area contributed by atoms with Crippen molar-refractivity contribution in [2.75, 3.05) is 62.8 Å². The number of piperidine rings is 1. The van der Waals surface area contributed by atoms with Crippen LogP contribution in [0.25, 0.3) is 17.2 Å². The summed E-state index contributed by atoms with van der Waals surface area (Å²) in [6.45, 7) is 3.91. The van der Waals surface area contributed by atoms with Gasteiger partial charge in [-0.3, -0.25) is 19.7 Å². The average Bonchev–Trinajstić information content (AvgIpc) is 3.27. The minimum Gasteiger partial charge on any atom is -0.506 e. The molecule has 1 heterocycles. The summed E-state index contributed by atoms with van der Waals surface area (Å²) in [5, 5.41) is 33.1. The smallest absolute Gasteiger partial charge is 0.411 e. The van der Waals surface area contributed by atoms with Crippen molar-refractivity contribution >= 4 is 47.3 Å². The van der Waals surface area contributed by atoms with Crippen LogP contribution < -0.4 is 21.3 Å². The van der Waals surface area contributed by atoms with E-state index in [1.807, 2.05) is 85.9 Å². The number of hydrogen-bond acceptors (Lipinski definition) is 10. The molecule has 6 N–H and O–H groups in total. The van der Waals surface area contributed by atoms with Gasteiger partial charge in [-0.1, -0.05) is 66.7 Å². The number of allylic oxidation sites excluding steroid dienone is 1. The first kappa shape index (κ1) is 45.5. The summed E-state index contributed by atoms with van der Waals surface area (Å²) in [5.74, 6) is 0.0458. The second-order valence-corrected chi connectivity index (χ2v) is 16.4. The molecule has 0 aromatic heterocycles. The Kier molecular flexibility index (Phi) is 16.3. The molecule has 1 aliphatic carbocycles. The molecule has 1 atom stereocenters. The van der Waals surface area contributed by atoms with E-state index in [9.17, 15) is 29.4 Å². The maximum absolute atomic E-state index is 12.9. The van der Waals surface area contributed by atoms with Gasteiger partial charge in [0, 0.05) is 69.9 Å². The Labute approximate surface area is 364 Å². The lowest BCUT2D eigenvalue weighted by atomic mass is 9.61. The highest BCUT2D eigenvalue weighted by Gasteiger charge is 2.47. The van der Waals surface area contributed by atoms with Gasteiger partial charge >= 0.3 is 6.09 Å². The average molecular weight is 845 g/mol. The van der Waals surface area contributed by atoms with Crippen molar-refractivity contribution in [3.63, 3.8) is 0 Å². The Balaban J connectivity index is 0.809. The van der Waals surface area contributed by atoms with E-state index < -0.39 is 12.2 Å². The summed E-state index contributed by atoms with van der Waals surface area (Å²) in [6.07, 6.45) is 8.16. The highest BCUT2D eigenvalue weighted by Crippen LogP contribution is 2.50. The first-order valence-electron chi connectivity index (χ1n) is 21.6. The van der Waals surface area contributed by atoms with Crippen molar-refractivity contribution in [2.45, 2.75) is 70.1 Å². The number of carbonyl (C=O) groups is 4. The lowest BCUT2D eigenvalue weighted by Crippen LogP contribution is -2.51. The zero-order valence-corrected chi connectivity index (χ0v) is 35.8. The summed E-state index contributed by atoms with van der Waals surface area (Å²) in [4.78, 5) is 53.4. The first-order valence-corrected chi connectivity index (χ1v) is 21.6. The van der Waals surface area contributed by atoms with Crippen LogP contribution in [-0.2, 0) is 25.7 Å². The zero-order chi connectivity index (χ0) is 43.9. The molecule has 62 heavy (non-hydrogen) atoms. The van der Waals surface area contributed by atoms with Gasteiger partial charge in [0.25, 0.3) is 0 Å². The number of rotatable bonds is 20. The fourth-order valence-corrected chi connectivity index (χ4v) is 8.49. The molecule has 6 rings (SSSR count). The molecule has 328 valence electrons. The van der Waals surface area contributed by atoms with Crippen LogP contribution in [0.15, 0.2) is 97.1 Å². The fourth-order valence-electron chi connectivity index (χ4n) is 8.49. The molecule has 3 amide bonds.